The summed E-state index contributed by atoms with van der Waals surface area (Å²) in [6.45, 7) is 2.48. The van der Waals surface area contributed by atoms with Gasteiger partial charge < -0.3 is 15.5 Å². The van der Waals surface area contributed by atoms with Crippen molar-refractivity contribution in [2.24, 2.45) is 0 Å². The number of nitrogens with one attached hydrogen (secondary N) is 2. The Morgan fingerprint density at radius 2 is 1.71 bits per heavy atom. The summed E-state index contributed by atoms with van der Waals surface area (Å²) in [6, 6.07) is 13.6. The second kappa shape index (κ2) is 10.0. The van der Waals surface area contributed by atoms with E-state index in [0.29, 0.717) is 12.5 Å². The average molecular weight is 397 g/mol. The molecule has 0 aliphatic carbocycles. The van der Waals surface area contributed by atoms with Crippen molar-refractivity contribution in [3.8, 4) is 11.3 Å². The van der Waals surface area contributed by atoms with E-state index in [4.69, 9.17) is 11.6 Å². The molecule has 0 unspecified atom stereocenters. The molecule has 3 rings (SSSR count). The van der Waals surface area contributed by atoms with Gasteiger partial charge in [-0.2, -0.15) is 4.98 Å². The third-order valence-corrected chi connectivity index (χ3v) is 4.41. The van der Waals surface area contributed by atoms with Crippen LogP contribution in [0.2, 0.25) is 5.02 Å². The maximum absolute atomic E-state index is 5.96. The molecule has 28 heavy (non-hydrogen) atoms. The van der Waals surface area contributed by atoms with Crippen molar-refractivity contribution in [1.29, 1.82) is 0 Å². The van der Waals surface area contributed by atoms with Gasteiger partial charge >= 0.3 is 0 Å². The Balaban J connectivity index is 1.75. The van der Waals surface area contributed by atoms with Crippen molar-refractivity contribution in [3.05, 3.63) is 65.4 Å². The smallest absolute Gasteiger partial charge is 0.225 e. The monoisotopic (exact) mass is 396 g/mol. The zero-order valence-electron chi connectivity index (χ0n) is 16.2. The van der Waals surface area contributed by atoms with E-state index in [-0.39, 0.29) is 0 Å². The molecule has 0 amide bonds. The molecule has 0 saturated carbocycles. The van der Waals surface area contributed by atoms with Gasteiger partial charge in [-0.3, -0.25) is 4.98 Å². The van der Waals surface area contributed by atoms with Crippen LogP contribution in [-0.2, 0) is 6.54 Å². The van der Waals surface area contributed by atoms with Gasteiger partial charge in [-0.05, 0) is 56.9 Å². The van der Waals surface area contributed by atoms with E-state index in [2.05, 4.69) is 44.6 Å². The van der Waals surface area contributed by atoms with Gasteiger partial charge in [-0.25, -0.2) is 4.98 Å². The van der Waals surface area contributed by atoms with Gasteiger partial charge in [0.25, 0.3) is 0 Å². The predicted octanol–water partition coefficient (Wildman–Crippen LogP) is 4.17. The van der Waals surface area contributed by atoms with Crippen LogP contribution in [0.3, 0.4) is 0 Å². The van der Waals surface area contributed by atoms with Gasteiger partial charge in [0, 0.05) is 42.1 Å². The Bertz CT molecular complexity index is 868. The van der Waals surface area contributed by atoms with E-state index in [1.54, 1.807) is 12.4 Å². The number of halogens is 1. The fraction of sp³-hybridized carbons (Fsp3) is 0.286. The molecule has 0 aliphatic rings. The lowest BCUT2D eigenvalue weighted by molar-refractivity contribution is 0.405. The van der Waals surface area contributed by atoms with Gasteiger partial charge in [-0.1, -0.05) is 23.7 Å². The molecule has 2 aromatic heterocycles. The average Bonchev–Trinajstić information content (AvgIpc) is 2.71. The first-order chi connectivity index (χ1) is 13.6. The Kier molecular flexibility index (Phi) is 7.17. The number of pyridine rings is 1. The first-order valence-electron chi connectivity index (χ1n) is 9.26. The highest BCUT2D eigenvalue weighted by Crippen LogP contribution is 2.21. The number of hydrogen-bond acceptors (Lipinski definition) is 6. The van der Waals surface area contributed by atoms with E-state index < -0.39 is 0 Å². The van der Waals surface area contributed by atoms with Crippen molar-refractivity contribution in [1.82, 2.24) is 19.9 Å². The molecule has 146 valence electrons. The minimum Gasteiger partial charge on any atom is -0.366 e. The van der Waals surface area contributed by atoms with Crippen molar-refractivity contribution < 1.29 is 0 Å². The SMILES string of the molecule is CN(C)CCCNc1nc(NCc2ccc(Cl)cc2)cc(-c2ccncc2)n1. The molecule has 3 aromatic rings. The summed E-state index contributed by atoms with van der Waals surface area (Å²) in [7, 11) is 4.14. The zero-order chi connectivity index (χ0) is 19.8. The largest absolute Gasteiger partial charge is 0.366 e. The minimum absolute atomic E-state index is 0.617. The third kappa shape index (κ3) is 6.18. The van der Waals surface area contributed by atoms with Crippen LogP contribution in [0.15, 0.2) is 54.9 Å². The maximum atomic E-state index is 5.96. The summed E-state index contributed by atoms with van der Waals surface area (Å²) in [5.41, 5.74) is 2.99. The molecule has 0 spiro atoms. The quantitative estimate of drug-likeness (QED) is 0.529. The van der Waals surface area contributed by atoms with Crippen LogP contribution >= 0.6 is 11.6 Å². The van der Waals surface area contributed by atoms with Crippen LogP contribution in [0, 0.1) is 0 Å². The van der Waals surface area contributed by atoms with E-state index in [1.165, 1.54) is 0 Å². The molecule has 0 atom stereocenters. The van der Waals surface area contributed by atoms with Gasteiger partial charge in [0.15, 0.2) is 0 Å². The number of benzene rings is 1. The Hall–Kier alpha value is -2.70. The molecule has 1 aromatic carbocycles. The number of anilines is 2. The van der Waals surface area contributed by atoms with Crippen molar-refractivity contribution in [2.45, 2.75) is 13.0 Å². The van der Waals surface area contributed by atoms with Crippen molar-refractivity contribution in [3.63, 3.8) is 0 Å². The first kappa shape index (κ1) is 20.0. The normalized spacial score (nSPS) is 10.9. The molecule has 7 heteroatoms. The van der Waals surface area contributed by atoms with Gasteiger partial charge in [0.05, 0.1) is 5.69 Å². The Labute approximate surface area is 171 Å². The van der Waals surface area contributed by atoms with Crippen LogP contribution in [0.1, 0.15) is 12.0 Å². The molecule has 6 nitrogen and oxygen atoms in total. The molecular formula is C21H25ClN6. The lowest BCUT2D eigenvalue weighted by Crippen LogP contribution is -2.17. The number of nitrogens with zero attached hydrogens (tertiary/aromatic N) is 4. The fourth-order valence-electron chi connectivity index (χ4n) is 2.68. The first-order valence-corrected chi connectivity index (χ1v) is 9.64. The summed E-state index contributed by atoms with van der Waals surface area (Å²) in [5, 5.41) is 7.45. The summed E-state index contributed by atoms with van der Waals surface area (Å²) >= 11 is 5.96. The molecule has 0 radical (unpaired) electrons. The fourth-order valence-corrected chi connectivity index (χ4v) is 2.80. The predicted molar refractivity (Wildman–Crippen MR) is 116 cm³/mol. The molecule has 0 saturated heterocycles. The molecule has 2 heterocycles. The standard InChI is InChI=1S/C21H25ClN6/c1-28(2)13-3-10-24-21-26-19(17-8-11-23-12-9-17)14-20(27-21)25-15-16-4-6-18(22)7-5-16/h4-9,11-12,14H,3,10,13,15H2,1-2H3,(H2,24,25,26,27). The molecular weight excluding hydrogens is 372 g/mol. The van der Waals surface area contributed by atoms with Crippen LogP contribution < -0.4 is 10.6 Å². The minimum atomic E-state index is 0.617. The summed E-state index contributed by atoms with van der Waals surface area (Å²) in [6.07, 6.45) is 4.55. The van der Waals surface area contributed by atoms with Gasteiger partial charge in [0.1, 0.15) is 5.82 Å². The van der Waals surface area contributed by atoms with E-state index in [0.717, 1.165) is 47.2 Å². The van der Waals surface area contributed by atoms with Gasteiger partial charge in [0.2, 0.25) is 5.95 Å². The lowest BCUT2D eigenvalue weighted by Gasteiger charge is -2.13. The Morgan fingerprint density at radius 1 is 0.964 bits per heavy atom. The van der Waals surface area contributed by atoms with Crippen LogP contribution in [0.5, 0.6) is 0 Å². The van der Waals surface area contributed by atoms with Crippen molar-refractivity contribution >= 4 is 23.4 Å². The Morgan fingerprint density at radius 3 is 2.43 bits per heavy atom. The molecule has 2 N–H and O–H groups in total. The molecule has 0 bridgehead atoms. The third-order valence-electron chi connectivity index (χ3n) is 4.15. The summed E-state index contributed by atoms with van der Waals surface area (Å²) in [4.78, 5) is 15.5. The van der Waals surface area contributed by atoms with E-state index in [1.807, 2.05) is 42.5 Å². The highest BCUT2D eigenvalue weighted by molar-refractivity contribution is 6.30. The highest BCUT2D eigenvalue weighted by Gasteiger charge is 2.07. The van der Waals surface area contributed by atoms with Crippen LogP contribution in [-0.4, -0.2) is 47.0 Å². The van der Waals surface area contributed by atoms with Crippen molar-refractivity contribution in [2.75, 3.05) is 37.8 Å². The maximum Gasteiger partial charge on any atom is 0.225 e. The lowest BCUT2D eigenvalue weighted by atomic mass is 10.2. The van der Waals surface area contributed by atoms with E-state index >= 15 is 0 Å². The van der Waals surface area contributed by atoms with E-state index in [9.17, 15) is 0 Å². The number of hydrogen-bond donors (Lipinski definition) is 2. The number of rotatable bonds is 9. The summed E-state index contributed by atoms with van der Waals surface area (Å²) < 4.78 is 0. The molecule has 0 fully saturated rings. The second-order valence-corrected chi connectivity index (χ2v) is 7.20. The van der Waals surface area contributed by atoms with Crippen LogP contribution in [0.25, 0.3) is 11.3 Å². The second-order valence-electron chi connectivity index (χ2n) is 6.76. The molecule has 0 aliphatic heterocycles. The van der Waals surface area contributed by atoms with Gasteiger partial charge in [-0.15, -0.1) is 0 Å². The number of aromatic nitrogens is 3. The topological polar surface area (TPSA) is 66.0 Å². The highest BCUT2D eigenvalue weighted by atomic mass is 35.5. The van der Waals surface area contributed by atoms with Crippen LogP contribution in [0.4, 0.5) is 11.8 Å². The summed E-state index contributed by atoms with van der Waals surface area (Å²) in [5.74, 6) is 1.39. The zero-order valence-corrected chi connectivity index (χ0v) is 16.9.